The molecule has 29 heavy (non-hydrogen) atoms. The molecule has 2 heterocycles. The molecule has 0 bridgehead atoms. The molecule has 3 aromatic rings. The van der Waals surface area contributed by atoms with E-state index in [1.165, 1.54) is 7.11 Å². The van der Waals surface area contributed by atoms with Crippen LogP contribution in [0.2, 0.25) is 0 Å². The number of aryl methyl sites for hydroxylation is 2. The second kappa shape index (κ2) is 8.01. The molecule has 1 aliphatic heterocycles. The lowest BCUT2D eigenvalue weighted by Crippen LogP contribution is -2.47. The molecule has 0 saturated carbocycles. The summed E-state index contributed by atoms with van der Waals surface area (Å²) < 4.78 is 18.6. The Balaban J connectivity index is 1.47. The van der Waals surface area contributed by atoms with E-state index in [4.69, 9.17) is 19.1 Å². The van der Waals surface area contributed by atoms with Crippen molar-refractivity contribution in [2.75, 3.05) is 20.3 Å². The lowest BCUT2D eigenvalue weighted by Gasteiger charge is -2.33. The van der Waals surface area contributed by atoms with Crippen LogP contribution in [0.15, 0.2) is 48.7 Å². The fraction of sp³-hybridized carbons (Fsp3) is 0.364. The standard InChI is InChI=1S/C22H25BN2O4/c1-22(2)14-28-23(29-15-22)19-5-4-6-20-18(19)13-25(24-20)12-11-16-7-9-17(10-8-16)21(26)27-3/h4-10,13H,11-12,14-15H2,1-3H3. The number of hydrogen-bond donors (Lipinski definition) is 0. The number of esters is 1. The Morgan fingerprint density at radius 1 is 1.17 bits per heavy atom. The Morgan fingerprint density at radius 3 is 2.59 bits per heavy atom. The third kappa shape index (κ3) is 4.36. The molecule has 1 fully saturated rings. The first-order valence-corrected chi connectivity index (χ1v) is 9.82. The summed E-state index contributed by atoms with van der Waals surface area (Å²) in [6.45, 7) is 6.36. The molecular formula is C22H25BN2O4. The Labute approximate surface area is 170 Å². The molecule has 0 amide bonds. The molecular weight excluding hydrogens is 367 g/mol. The second-order valence-corrected chi connectivity index (χ2v) is 8.23. The van der Waals surface area contributed by atoms with E-state index in [2.05, 4.69) is 20.0 Å². The molecule has 6 nitrogen and oxygen atoms in total. The number of carbonyl (C=O) groups excluding carboxylic acids is 1. The summed E-state index contributed by atoms with van der Waals surface area (Å²) in [7, 11) is 1.03. The molecule has 1 saturated heterocycles. The Kier molecular flexibility index (Phi) is 5.43. The van der Waals surface area contributed by atoms with Crippen LogP contribution in [0.3, 0.4) is 0 Å². The van der Waals surface area contributed by atoms with Crippen LogP contribution in [0, 0.1) is 5.41 Å². The van der Waals surface area contributed by atoms with Crippen molar-refractivity contribution >= 4 is 29.5 Å². The van der Waals surface area contributed by atoms with Crippen LogP contribution in [0.25, 0.3) is 10.9 Å². The van der Waals surface area contributed by atoms with Crippen molar-refractivity contribution < 1.29 is 18.8 Å². The van der Waals surface area contributed by atoms with Crippen LogP contribution in [0.5, 0.6) is 0 Å². The smallest absolute Gasteiger partial charge is 0.465 e. The van der Waals surface area contributed by atoms with Crippen LogP contribution in [-0.2, 0) is 27.0 Å². The van der Waals surface area contributed by atoms with Gasteiger partial charge in [-0.3, -0.25) is 4.68 Å². The SMILES string of the molecule is COC(=O)c1ccc(CCn2cc3c(B4OCC(C)(C)CO4)cccc3n2)cc1. The maximum atomic E-state index is 11.5. The van der Waals surface area contributed by atoms with Gasteiger partial charge in [-0.15, -0.1) is 0 Å². The molecule has 4 rings (SSSR count). The fourth-order valence-electron chi connectivity index (χ4n) is 3.48. The van der Waals surface area contributed by atoms with Crippen molar-refractivity contribution in [3.8, 4) is 0 Å². The third-order valence-electron chi connectivity index (χ3n) is 5.14. The van der Waals surface area contributed by atoms with Crippen LogP contribution >= 0.6 is 0 Å². The van der Waals surface area contributed by atoms with Gasteiger partial charge < -0.3 is 14.0 Å². The largest absolute Gasteiger partial charge is 0.494 e. The molecule has 0 unspecified atom stereocenters. The summed E-state index contributed by atoms with van der Waals surface area (Å²) in [5.74, 6) is -0.321. The van der Waals surface area contributed by atoms with Gasteiger partial charge in [0, 0.05) is 36.8 Å². The zero-order chi connectivity index (χ0) is 20.4. The summed E-state index contributed by atoms with van der Waals surface area (Å²) in [5, 5.41) is 5.76. The first-order valence-electron chi connectivity index (χ1n) is 9.82. The van der Waals surface area contributed by atoms with Crippen molar-refractivity contribution in [2.24, 2.45) is 5.41 Å². The van der Waals surface area contributed by atoms with Crippen LogP contribution in [0.1, 0.15) is 29.8 Å². The van der Waals surface area contributed by atoms with Gasteiger partial charge in [0.15, 0.2) is 0 Å². The molecule has 1 aromatic heterocycles. The van der Waals surface area contributed by atoms with E-state index in [-0.39, 0.29) is 18.5 Å². The Bertz CT molecular complexity index is 1000. The van der Waals surface area contributed by atoms with Gasteiger partial charge in [0.1, 0.15) is 0 Å². The zero-order valence-electron chi connectivity index (χ0n) is 17.1. The molecule has 0 radical (unpaired) electrons. The topological polar surface area (TPSA) is 62.6 Å². The number of methoxy groups -OCH3 is 1. The number of hydrogen-bond acceptors (Lipinski definition) is 5. The van der Waals surface area contributed by atoms with Gasteiger partial charge in [0.05, 0.1) is 18.2 Å². The molecule has 150 valence electrons. The second-order valence-electron chi connectivity index (χ2n) is 8.23. The summed E-state index contributed by atoms with van der Waals surface area (Å²) in [5.41, 5.74) is 3.69. The molecule has 0 aliphatic carbocycles. The third-order valence-corrected chi connectivity index (χ3v) is 5.14. The predicted octanol–water partition coefficient (Wildman–Crippen LogP) is 2.83. The molecule has 0 atom stereocenters. The van der Waals surface area contributed by atoms with Gasteiger partial charge in [0.25, 0.3) is 0 Å². The Morgan fingerprint density at radius 2 is 1.90 bits per heavy atom. The normalized spacial score (nSPS) is 16.2. The number of ether oxygens (including phenoxy) is 1. The van der Waals surface area contributed by atoms with Gasteiger partial charge in [-0.1, -0.05) is 38.1 Å². The zero-order valence-corrected chi connectivity index (χ0v) is 17.1. The van der Waals surface area contributed by atoms with Gasteiger partial charge in [-0.2, -0.15) is 5.10 Å². The number of benzene rings is 2. The minimum absolute atomic E-state index is 0.0397. The van der Waals surface area contributed by atoms with Gasteiger partial charge in [0.2, 0.25) is 0 Å². The van der Waals surface area contributed by atoms with Crippen LogP contribution in [-0.4, -0.2) is 43.2 Å². The van der Waals surface area contributed by atoms with E-state index >= 15 is 0 Å². The first kappa shape index (κ1) is 19.7. The molecule has 7 heteroatoms. The molecule has 0 N–H and O–H groups in total. The summed E-state index contributed by atoms with van der Waals surface area (Å²) >= 11 is 0. The minimum Gasteiger partial charge on any atom is -0.465 e. The van der Waals surface area contributed by atoms with Gasteiger partial charge >= 0.3 is 13.1 Å². The van der Waals surface area contributed by atoms with E-state index in [1.54, 1.807) is 12.1 Å². The number of aromatic nitrogens is 2. The van der Waals surface area contributed by atoms with E-state index < -0.39 is 0 Å². The minimum atomic E-state index is -0.352. The maximum Gasteiger partial charge on any atom is 0.494 e. The number of rotatable bonds is 5. The quantitative estimate of drug-likeness (QED) is 0.494. The average molecular weight is 392 g/mol. The monoisotopic (exact) mass is 392 g/mol. The summed E-state index contributed by atoms with van der Waals surface area (Å²) in [4.78, 5) is 11.5. The first-order chi connectivity index (χ1) is 13.9. The van der Waals surface area contributed by atoms with Gasteiger partial charge in [-0.25, -0.2) is 4.79 Å². The van der Waals surface area contributed by atoms with E-state index in [0.29, 0.717) is 18.8 Å². The highest BCUT2D eigenvalue weighted by atomic mass is 16.6. The average Bonchev–Trinajstić information content (AvgIpc) is 3.15. The lowest BCUT2D eigenvalue weighted by atomic mass is 9.74. The highest BCUT2D eigenvalue weighted by Gasteiger charge is 2.34. The summed E-state index contributed by atoms with van der Waals surface area (Å²) in [6, 6.07) is 13.5. The number of fused-ring (bicyclic) bond motifs is 1. The lowest BCUT2D eigenvalue weighted by molar-refractivity contribution is 0.0344. The molecule has 0 spiro atoms. The van der Waals surface area contributed by atoms with Crippen molar-refractivity contribution in [2.45, 2.75) is 26.8 Å². The van der Waals surface area contributed by atoms with Crippen LogP contribution < -0.4 is 5.46 Å². The molecule has 2 aromatic carbocycles. The predicted molar refractivity (Wildman–Crippen MR) is 112 cm³/mol. The highest BCUT2D eigenvalue weighted by Crippen LogP contribution is 2.22. The summed E-state index contributed by atoms with van der Waals surface area (Å²) in [6.07, 6.45) is 2.87. The maximum absolute atomic E-state index is 11.5. The van der Waals surface area contributed by atoms with Crippen molar-refractivity contribution in [1.82, 2.24) is 9.78 Å². The Hall–Kier alpha value is -2.64. The van der Waals surface area contributed by atoms with Crippen molar-refractivity contribution in [3.05, 3.63) is 59.8 Å². The van der Waals surface area contributed by atoms with Crippen molar-refractivity contribution in [3.63, 3.8) is 0 Å². The van der Waals surface area contributed by atoms with Crippen LogP contribution in [0.4, 0.5) is 0 Å². The number of carbonyl (C=O) groups is 1. The van der Waals surface area contributed by atoms with E-state index in [0.717, 1.165) is 34.9 Å². The number of nitrogens with zero attached hydrogens (tertiary/aromatic N) is 2. The molecule has 1 aliphatic rings. The van der Waals surface area contributed by atoms with Crippen molar-refractivity contribution in [1.29, 1.82) is 0 Å². The fourth-order valence-corrected chi connectivity index (χ4v) is 3.48. The highest BCUT2D eigenvalue weighted by molar-refractivity contribution is 6.64. The van der Waals surface area contributed by atoms with E-state index in [1.807, 2.05) is 35.0 Å². The van der Waals surface area contributed by atoms with Gasteiger partial charge in [-0.05, 0) is 35.6 Å². The van der Waals surface area contributed by atoms with E-state index in [9.17, 15) is 4.79 Å².